The molecule has 1 aliphatic rings. The van der Waals surface area contributed by atoms with Gasteiger partial charge in [-0.3, -0.25) is 9.36 Å². The average Bonchev–Trinajstić information content (AvgIpc) is 3.29. The third kappa shape index (κ3) is 3.10. The van der Waals surface area contributed by atoms with E-state index in [-0.39, 0.29) is 5.56 Å². The summed E-state index contributed by atoms with van der Waals surface area (Å²) in [5.74, 6) is 0.693. The van der Waals surface area contributed by atoms with Gasteiger partial charge in [0.15, 0.2) is 0 Å². The zero-order chi connectivity index (χ0) is 19.3. The Morgan fingerprint density at radius 3 is 2.89 bits per heavy atom. The van der Waals surface area contributed by atoms with Gasteiger partial charge in [-0.05, 0) is 37.7 Å². The minimum atomic E-state index is 0.0712. The van der Waals surface area contributed by atoms with Crippen LogP contribution in [0.1, 0.15) is 35.0 Å². The van der Waals surface area contributed by atoms with Crippen LogP contribution in [0.5, 0.6) is 0 Å². The molecule has 4 aromatic rings. The van der Waals surface area contributed by atoms with Gasteiger partial charge in [-0.15, -0.1) is 22.7 Å². The summed E-state index contributed by atoms with van der Waals surface area (Å²) in [6, 6.07) is 8.38. The zero-order valence-corrected chi connectivity index (χ0v) is 17.6. The maximum absolute atomic E-state index is 13.2. The number of benzene rings is 1. The van der Waals surface area contributed by atoms with Gasteiger partial charge >= 0.3 is 0 Å². The molecular formula is C22H21N3OS2. The Balaban J connectivity index is 1.48. The zero-order valence-electron chi connectivity index (χ0n) is 15.9. The molecule has 28 heavy (non-hydrogen) atoms. The van der Waals surface area contributed by atoms with E-state index in [4.69, 9.17) is 4.98 Å². The monoisotopic (exact) mass is 407 g/mol. The molecular weight excluding hydrogens is 386 g/mol. The molecule has 6 heteroatoms. The Hall–Kier alpha value is -2.31. The molecule has 0 fully saturated rings. The molecule has 5 rings (SSSR count). The van der Waals surface area contributed by atoms with Gasteiger partial charge in [-0.1, -0.05) is 36.8 Å². The van der Waals surface area contributed by atoms with E-state index < -0.39 is 0 Å². The summed E-state index contributed by atoms with van der Waals surface area (Å²) >= 11 is 3.31. The number of aromatic nitrogens is 3. The second-order valence-electron chi connectivity index (χ2n) is 7.72. The molecule has 1 aromatic carbocycles. The Kier molecular flexibility index (Phi) is 4.40. The molecule has 0 amide bonds. The van der Waals surface area contributed by atoms with Crippen LogP contribution in [0.15, 0.2) is 40.8 Å². The van der Waals surface area contributed by atoms with Crippen molar-refractivity contribution >= 4 is 32.9 Å². The fourth-order valence-electron chi connectivity index (χ4n) is 3.86. The first-order valence-electron chi connectivity index (χ1n) is 9.59. The molecule has 0 saturated heterocycles. The molecule has 0 saturated carbocycles. The lowest BCUT2D eigenvalue weighted by atomic mass is 9.89. The SMILES string of the molecule is Cc1ccc(-c2nc(Cn3cnc4sc5c(c4c3=O)CC[C@H](C)C5)cs2)cc1. The Labute approximate surface area is 171 Å². The number of rotatable bonds is 3. The van der Waals surface area contributed by atoms with Crippen LogP contribution in [0, 0.1) is 12.8 Å². The molecule has 0 aliphatic heterocycles. The van der Waals surface area contributed by atoms with E-state index >= 15 is 0 Å². The van der Waals surface area contributed by atoms with E-state index in [0.29, 0.717) is 12.5 Å². The third-order valence-corrected chi connectivity index (χ3v) is 7.57. The van der Waals surface area contributed by atoms with Crippen molar-refractivity contribution in [2.45, 2.75) is 39.7 Å². The standard InChI is InChI=1S/C22H21N3OS2/c1-13-3-6-15(7-4-13)20-24-16(11-27-20)10-25-12-23-21-19(22(25)26)17-8-5-14(2)9-18(17)28-21/h3-4,6-7,11-12,14H,5,8-10H2,1-2H3/t14-/m0/s1. The minimum Gasteiger partial charge on any atom is -0.293 e. The van der Waals surface area contributed by atoms with Crippen LogP contribution < -0.4 is 5.56 Å². The Morgan fingerprint density at radius 2 is 2.07 bits per heavy atom. The maximum atomic E-state index is 13.2. The first kappa shape index (κ1) is 17.8. The first-order valence-corrected chi connectivity index (χ1v) is 11.3. The highest BCUT2D eigenvalue weighted by Crippen LogP contribution is 2.35. The van der Waals surface area contributed by atoms with Crippen molar-refractivity contribution < 1.29 is 0 Å². The Morgan fingerprint density at radius 1 is 1.25 bits per heavy atom. The van der Waals surface area contributed by atoms with Crippen LogP contribution >= 0.6 is 22.7 Å². The highest BCUT2D eigenvalue weighted by atomic mass is 32.1. The van der Waals surface area contributed by atoms with Gasteiger partial charge in [0.2, 0.25) is 0 Å². The van der Waals surface area contributed by atoms with Crippen LogP contribution in [0.3, 0.4) is 0 Å². The van der Waals surface area contributed by atoms with Gasteiger partial charge in [-0.25, -0.2) is 9.97 Å². The molecule has 0 bridgehead atoms. The fraction of sp³-hybridized carbons (Fsp3) is 0.318. The van der Waals surface area contributed by atoms with E-state index in [1.54, 1.807) is 33.6 Å². The number of thiazole rings is 1. The van der Waals surface area contributed by atoms with Gasteiger partial charge in [0.1, 0.15) is 9.84 Å². The van der Waals surface area contributed by atoms with Gasteiger partial charge in [0.25, 0.3) is 5.56 Å². The van der Waals surface area contributed by atoms with Crippen LogP contribution in [0.4, 0.5) is 0 Å². The van der Waals surface area contributed by atoms with Crippen molar-refractivity contribution in [2.24, 2.45) is 5.92 Å². The van der Waals surface area contributed by atoms with Gasteiger partial charge < -0.3 is 0 Å². The lowest BCUT2D eigenvalue weighted by molar-refractivity contribution is 0.509. The molecule has 0 spiro atoms. The summed E-state index contributed by atoms with van der Waals surface area (Å²) in [5.41, 5.74) is 4.57. The normalized spacial score (nSPS) is 16.4. The lowest BCUT2D eigenvalue weighted by Crippen LogP contribution is -2.22. The van der Waals surface area contributed by atoms with E-state index in [0.717, 1.165) is 45.7 Å². The third-order valence-electron chi connectivity index (χ3n) is 5.46. The topological polar surface area (TPSA) is 47.8 Å². The summed E-state index contributed by atoms with van der Waals surface area (Å²) in [6.45, 7) is 4.83. The van der Waals surface area contributed by atoms with Crippen molar-refractivity contribution in [3.05, 3.63) is 68.0 Å². The van der Waals surface area contributed by atoms with Crippen molar-refractivity contribution in [1.82, 2.24) is 14.5 Å². The average molecular weight is 408 g/mol. The van der Waals surface area contributed by atoms with E-state index in [2.05, 4.69) is 43.1 Å². The second-order valence-corrected chi connectivity index (χ2v) is 9.66. The molecule has 0 unspecified atom stereocenters. The van der Waals surface area contributed by atoms with Gasteiger partial charge in [-0.2, -0.15) is 0 Å². The van der Waals surface area contributed by atoms with E-state index in [9.17, 15) is 4.79 Å². The summed E-state index contributed by atoms with van der Waals surface area (Å²) in [6.07, 6.45) is 4.90. The number of hydrogen-bond acceptors (Lipinski definition) is 5. The van der Waals surface area contributed by atoms with E-state index in [1.165, 1.54) is 16.0 Å². The second kappa shape index (κ2) is 6.94. The van der Waals surface area contributed by atoms with Crippen LogP contribution in [0.2, 0.25) is 0 Å². The highest BCUT2D eigenvalue weighted by Gasteiger charge is 2.23. The van der Waals surface area contributed by atoms with Crippen molar-refractivity contribution in [3.8, 4) is 10.6 Å². The number of nitrogens with zero attached hydrogens (tertiary/aromatic N) is 3. The quantitative estimate of drug-likeness (QED) is 0.477. The lowest BCUT2D eigenvalue weighted by Gasteiger charge is -2.17. The van der Waals surface area contributed by atoms with Crippen molar-refractivity contribution in [3.63, 3.8) is 0 Å². The fourth-order valence-corrected chi connectivity index (χ4v) is 6.02. The molecule has 3 heterocycles. The Bertz CT molecular complexity index is 1220. The highest BCUT2D eigenvalue weighted by molar-refractivity contribution is 7.18. The summed E-state index contributed by atoms with van der Waals surface area (Å²) in [5, 5.41) is 3.86. The number of hydrogen-bond donors (Lipinski definition) is 0. The summed E-state index contributed by atoms with van der Waals surface area (Å²) in [4.78, 5) is 24.8. The van der Waals surface area contributed by atoms with Gasteiger partial charge in [0, 0.05) is 15.8 Å². The summed E-state index contributed by atoms with van der Waals surface area (Å²) in [7, 11) is 0. The maximum Gasteiger partial charge on any atom is 0.262 e. The van der Waals surface area contributed by atoms with Crippen molar-refractivity contribution in [1.29, 1.82) is 0 Å². The van der Waals surface area contributed by atoms with E-state index in [1.807, 2.05) is 5.38 Å². The number of aryl methyl sites for hydroxylation is 2. The molecule has 0 N–H and O–H groups in total. The minimum absolute atomic E-state index is 0.0712. The molecule has 1 aliphatic carbocycles. The van der Waals surface area contributed by atoms with Crippen LogP contribution in [-0.2, 0) is 19.4 Å². The largest absolute Gasteiger partial charge is 0.293 e. The molecule has 3 aromatic heterocycles. The van der Waals surface area contributed by atoms with Gasteiger partial charge in [0.05, 0.1) is 24.0 Å². The smallest absolute Gasteiger partial charge is 0.262 e. The van der Waals surface area contributed by atoms with Crippen molar-refractivity contribution in [2.75, 3.05) is 0 Å². The predicted octanol–water partition coefficient (Wildman–Crippen LogP) is 5.06. The molecule has 1 atom stereocenters. The summed E-state index contributed by atoms with van der Waals surface area (Å²) < 4.78 is 1.71. The first-order chi connectivity index (χ1) is 13.6. The number of fused-ring (bicyclic) bond motifs is 3. The number of thiophene rings is 1. The molecule has 4 nitrogen and oxygen atoms in total. The molecule has 0 radical (unpaired) electrons. The predicted molar refractivity (Wildman–Crippen MR) is 116 cm³/mol. The van der Waals surface area contributed by atoms with Crippen LogP contribution in [0.25, 0.3) is 20.8 Å². The molecule has 142 valence electrons. The van der Waals surface area contributed by atoms with Crippen LogP contribution in [-0.4, -0.2) is 14.5 Å².